The Balaban J connectivity index is 1.47. The molecule has 0 spiro atoms. The molecule has 2 aromatic carbocycles. The van der Waals surface area contributed by atoms with E-state index in [-0.39, 0.29) is 6.79 Å². The molecular formula is C16H12N2O4S. The average Bonchev–Trinajstić information content (AvgIpc) is 3.17. The SMILES string of the molecule is c1cc2c(cc1Nc1nc3cc4c(cc3s1)OCO4)OCCO2. The first-order valence-electron chi connectivity index (χ1n) is 7.22. The molecule has 23 heavy (non-hydrogen) atoms. The Morgan fingerprint density at radius 2 is 1.65 bits per heavy atom. The highest BCUT2D eigenvalue weighted by molar-refractivity contribution is 7.22. The Morgan fingerprint density at radius 1 is 0.870 bits per heavy atom. The van der Waals surface area contributed by atoms with Crippen molar-refractivity contribution in [2.45, 2.75) is 0 Å². The monoisotopic (exact) mass is 328 g/mol. The van der Waals surface area contributed by atoms with Gasteiger partial charge >= 0.3 is 0 Å². The topological polar surface area (TPSA) is 61.8 Å². The zero-order valence-corrected chi connectivity index (χ0v) is 12.8. The van der Waals surface area contributed by atoms with E-state index in [4.69, 9.17) is 18.9 Å². The van der Waals surface area contributed by atoms with Gasteiger partial charge in [0.1, 0.15) is 13.2 Å². The quantitative estimate of drug-likeness (QED) is 0.776. The maximum atomic E-state index is 5.60. The molecule has 1 N–H and O–H groups in total. The van der Waals surface area contributed by atoms with Gasteiger partial charge in [0.25, 0.3) is 0 Å². The molecule has 0 bridgehead atoms. The minimum atomic E-state index is 0.273. The standard InChI is InChI=1S/C16H12N2O4S/c1-2-11-12(20-4-3-19-11)5-9(1)17-16-18-10-6-13-14(22-8-21-13)7-15(10)23-16/h1-2,5-7H,3-4,8H2,(H,17,18). The number of hydrogen-bond acceptors (Lipinski definition) is 7. The van der Waals surface area contributed by atoms with Crippen LogP contribution in [0.3, 0.4) is 0 Å². The van der Waals surface area contributed by atoms with Crippen molar-refractivity contribution in [3.63, 3.8) is 0 Å². The number of aromatic nitrogens is 1. The minimum absolute atomic E-state index is 0.273. The van der Waals surface area contributed by atoms with Crippen molar-refractivity contribution in [1.82, 2.24) is 4.98 Å². The number of hydrogen-bond donors (Lipinski definition) is 1. The van der Waals surface area contributed by atoms with Crippen LogP contribution >= 0.6 is 11.3 Å². The van der Waals surface area contributed by atoms with E-state index in [1.807, 2.05) is 30.3 Å². The van der Waals surface area contributed by atoms with Gasteiger partial charge in [-0.1, -0.05) is 11.3 Å². The van der Waals surface area contributed by atoms with Crippen molar-refractivity contribution < 1.29 is 18.9 Å². The lowest BCUT2D eigenvalue weighted by molar-refractivity contribution is 0.171. The summed E-state index contributed by atoms with van der Waals surface area (Å²) in [5.74, 6) is 3.04. The molecule has 6 nitrogen and oxygen atoms in total. The van der Waals surface area contributed by atoms with Gasteiger partial charge in [-0.3, -0.25) is 0 Å². The zero-order chi connectivity index (χ0) is 15.2. The molecule has 0 aliphatic carbocycles. The Labute approximate surface area is 135 Å². The number of benzene rings is 2. The molecule has 0 fully saturated rings. The fraction of sp³-hybridized carbons (Fsp3) is 0.188. The summed E-state index contributed by atoms with van der Waals surface area (Å²) < 4.78 is 23.0. The van der Waals surface area contributed by atoms with Crippen molar-refractivity contribution in [2.24, 2.45) is 0 Å². The summed E-state index contributed by atoms with van der Waals surface area (Å²) in [4.78, 5) is 4.60. The highest BCUT2D eigenvalue weighted by Gasteiger charge is 2.17. The Bertz CT molecular complexity index is 867. The van der Waals surface area contributed by atoms with E-state index in [9.17, 15) is 0 Å². The second-order valence-electron chi connectivity index (χ2n) is 5.18. The van der Waals surface area contributed by atoms with E-state index in [1.54, 1.807) is 11.3 Å². The lowest BCUT2D eigenvalue weighted by Gasteiger charge is -2.18. The van der Waals surface area contributed by atoms with Crippen LogP contribution in [-0.4, -0.2) is 25.0 Å². The molecule has 0 radical (unpaired) electrons. The fourth-order valence-corrected chi connectivity index (χ4v) is 3.51. The van der Waals surface area contributed by atoms with Gasteiger partial charge in [-0.2, -0.15) is 0 Å². The molecule has 2 aliphatic rings. The third-order valence-corrected chi connectivity index (χ3v) is 4.61. The van der Waals surface area contributed by atoms with Gasteiger partial charge in [0.2, 0.25) is 6.79 Å². The number of nitrogens with one attached hydrogen (secondary N) is 1. The van der Waals surface area contributed by atoms with Gasteiger partial charge < -0.3 is 24.3 Å². The first-order valence-corrected chi connectivity index (χ1v) is 8.04. The summed E-state index contributed by atoms with van der Waals surface area (Å²) in [7, 11) is 0. The summed E-state index contributed by atoms with van der Waals surface area (Å²) in [5, 5.41) is 4.11. The first-order chi connectivity index (χ1) is 11.3. The Morgan fingerprint density at radius 3 is 2.57 bits per heavy atom. The third-order valence-electron chi connectivity index (χ3n) is 3.68. The molecule has 5 rings (SSSR count). The van der Waals surface area contributed by atoms with Crippen LogP contribution in [0.2, 0.25) is 0 Å². The maximum absolute atomic E-state index is 5.60. The molecule has 116 valence electrons. The molecular weight excluding hydrogens is 316 g/mol. The molecule has 0 amide bonds. The number of anilines is 2. The zero-order valence-electron chi connectivity index (χ0n) is 12.0. The van der Waals surface area contributed by atoms with Crippen LogP contribution in [0.25, 0.3) is 10.2 Å². The largest absolute Gasteiger partial charge is 0.486 e. The summed E-state index contributed by atoms with van der Waals surface area (Å²) in [6.45, 7) is 1.44. The van der Waals surface area contributed by atoms with Crippen LogP contribution < -0.4 is 24.3 Å². The van der Waals surface area contributed by atoms with Crippen molar-refractivity contribution in [3.8, 4) is 23.0 Å². The van der Waals surface area contributed by atoms with Crippen molar-refractivity contribution in [3.05, 3.63) is 30.3 Å². The molecule has 0 saturated heterocycles. The van der Waals surface area contributed by atoms with Gasteiger partial charge in [-0.25, -0.2) is 4.98 Å². The predicted octanol–water partition coefficient (Wildman–Crippen LogP) is 3.54. The molecule has 3 aromatic rings. The lowest BCUT2D eigenvalue weighted by Crippen LogP contribution is -2.15. The van der Waals surface area contributed by atoms with Gasteiger partial charge in [0, 0.05) is 23.9 Å². The highest BCUT2D eigenvalue weighted by atomic mass is 32.1. The van der Waals surface area contributed by atoms with Crippen molar-refractivity contribution >= 4 is 32.4 Å². The van der Waals surface area contributed by atoms with Gasteiger partial charge in [-0.15, -0.1) is 0 Å². The number of thiazole rings is 1. The summed E-state index contributed by atoms with van der Waals surface area (Å²) in [6, 6.07) is 9.65. The van der Waals surface area contributed by atoms with Crippen LogP contribution in [0.15, 0.2) is 30.3 Å². The van der Waals surface area contributed by atoms with Gasteiger partial charge in [-0.05, 0) is 12.1 Å². The Hall–Kier alpha value is -2.67. The lowest BCUT2D eigenvalue weighted by atomic mass is 10.2. The van der Waals surface area contributed by atoms with Gasteiger partial charge in [0.05, 0.1) is 10.2 Å². The smallest absolute Gasteiger partial charge is 0.231 e. The minimum Gasteiger partial charge on any atom is -0.486 e. The predicted molar refractivity (Wildman–Crippen MR) is 86.5 cm³/mol. The van der Waals surface area contributed by atoms with Crippen LogP contribution in [0.5, 0.6) is 23.0 Å². The van der Waals surface area contributed by atoms with E-state index in [0.29, 0.717) is 13.2 Å². The third kappa shape index (κ3) is 2.20. The summed E-state index contributed by atoms with van der Waals surface area (Å²) in [5.41, 5.74) is 1.80. The first kappa shape index (κ1) is 12.8. The summed E-state index contributed by atoms with van der Waals surface area (Å²) >= 11 is 1.57. The molecule has 2 aliphatic heterocycles. The Kier molecular flexibility index (Phi) is 2.75. The average molecular weight is 328 g/mol. The highest BCUT2D eigenvalue weighted by Crippen LogP contribution is 2.40. The van der Waals surface area contributed by atoms with Crippen LogP contribution in [0.1, 0.15) is 0 Å². The fourth-order valence-electron chi connectivity index (χ4n) is 2.62. The summed E-state index contributed by atoms with van der Waals surface area (Å²) in [6.07, 6.45) is 0. The molecule has 0 atom stereocenters. The number of ether oxygens (including phenoxy) is 4. The molecule has 0 saturated carbocycles. The number of nitrogens with zero attached hydrogens (tertiary/aromatic N) is 1. The van der Waals surface area contributed by atoms with Crippen LogP contribution in [0, 0.1) is 0 Å². The van der Waals surface area contributed by atoms with E-state index >= 15 is 0 Å². The van der Waals surface area contributed by atoms with E-state index < -0.39 is 0 Å². The number of rotatable bonds is 2. The van der Waals surface area contributed by atoms with Crippen molar-refractivity contribution in [2.75, 3.05) is 25.3 Å². The van der Waals surface area contributed by atoms with Crippen LogP contribution in [-0.2, 0) is 0 Å². The molecule has 0 unspecified atom stereocenters. The van der Waals surface area contributed by atoms with Gasteiger partial charge in [0.15, 0.2) is 28.1 Å². The molecule has 1 aromatic heterocycles. The van der Waals surface area contributed by atoms with E-state index in [1.165, 1.54) is 0 Å². The second-order valence-corrected chi connectivity index (χ2v) is 6.21. The number of fused-ring (bicyclic) bond motifs is 3. The van der Waals surface area contributed by atoms with E-state index in [0.717, 1.165) is 44.0 Å². The molecule has 7 heteroatoms. The normalized spacial score (nSPS) is 15.0. The second kappa shape index (κ2) is 4.92. The molecule has 3 heterocycles. The maximum Gasteiger partial charge on any atom is 0.231 e. The van der Waals surface area contributed by atoms with Crippen molar-refractivity contribution in [1.29, 1.82) is 0 Å². The van der Waals surface area contributed by atoms with Crippen LogP contribution in [0.4, 0.5) is 10.8 Å². The van der Waals surface area contributed by atoms with E-state index in [2.05, 4.69) is 10.3 Å².